The minimum Gasteiger partial charge on any atom is -0.426 e. The van der Waals surface area contributed by atoms with Gasteiger partial charge in [0, 0.05) is 6.54 Å². The third-order valence-corrected chi connectivity index (χ3v) is 3.21. The molecule has 1 saturated heterocycles. The van der Waals surface area contributed by atoms with E-state index >= 15 is 0 Å². The number of carbonyl (C=O) groups excluding carboxylic acids is 1. The van der Waals surface area contributed by atoms with E-state index in [9.17, 15) is 14.8 Å². The van der Waals surface area contributed by atoms with Crippen LogP contribution in [-0.2, 0) is 4.79 Å². The highest BCUT2D eigenvalue weighted by Gasteiger charge is 2.38. The zero-order valence-electron chi connectivity index (χ0n) is 10.1. The van der Waals surface area contributed by atoms with Gasteiger partial charge < -0.3 is 26.4 Å². The highest BCUT2D eigenvalue weighted by atomic mass is 16.4. The third kappa shape index (κ3) is 3.95. The molecule has 2 unspecified atom stereocenters. The Morgan fingerprint density at radius 1 is 1.47 bits per heavy atom. The number of nitrogens with two attached hydrogens (primary N) is 2. The second kappa shape index (κ2) is 6.95. The SMILES string of the molecule is NCCCCC(N)C(=O)N1CCCC1B(O)O. The van der Waals surface area contributed by atoms with Crippen LogP contribution in [0.15, 0.2) is 0 Å². The van der Waals surface area contributed by atoms with Gasteiger partial charge in [0.05, 0.1) is 12.0 Å². The van der Waals surface area contributed by atoms with E-state index in [0.29, 0.717) is 25.9 Å². The average Bonchev–Trinajstić information content (AvgIpc) is 2.77. The molecule has 6 nitrogen and oxygen atoms in total. The summed E-state index contributed by atoms with van der Waals surface area (Å²) in [6.45, 7) is 1.16. The Morgan fingerprint density at radius 2 is 2.18 bits per heavy atom. The summed E-state index contributed by atoms with van der Waals surface area (Å²) in [6, 6.07) is -0.555. The molecule has 98 valence electrons. The lowest BCUT2D eigenvalue weighted by Gasteiger charge is -2.26. The molecule has 1 aliphatic rings. The Kier molecular flexibility index (Phi) is 5.90. The van der Waals surface area contributed by atoms with Crippen molar-refractivity contribution in [2.24, 2.45) is 11.5 Å². The zero-order valence-corrected chi connectivity index (χ0v) is 10.1. The molecule has 7 heteroatoms. The highest BCUT2D eigenvalue weighted by Crippen LogP contribution is 2.19. The summed E-state index contributed by atoms with van der Waals surface area (Å²) in [7, 11) is -1.47. The maximum atomic E-state index is 12.0. The van der Waals surface area contributed by atoms with Crippen molar-refractivity contribution in [3.63, 3.8) is 0 Å². The Balaban J connectivity index is 2.45. The first-order chi connectivity index (χ1) is 8.07. The van der Waals surface area contributed by atoms with Crippen LogP contribution >= 0.6 is 0 Å². The molecule has 0 spiro atoms. The number of nitrogens with zero attached hydrogens (tertiary/aromatic N) is 1. The number of unbranched alkanes of at least 4 members (excludes halogenated alkanes) is 1. The monoisotopic (exact) mass is 243 g/mol. The molecule has 17 heavy (non-hydrogen) atoms. The number of hydrogen-bond acceptors (Lipinski definition) is 5. The first-order valence-electron chi connectivity index (χ1n) is 6.20. The normalized spacial score (nSPS) is 21.6. The molecule has 0 aromatic heterocycles. The Hall–Kier alpha value is -0.625. The van der Waals surface area contributed by atoms with E-state index in [1.54, 1.807) is 0 Å². The zero-order chi connectivity index (χ0) is 12.8. The third-order valence-electron chi connectivity index (χ3n) is 3.21. The number of rotatable bonds is 6. The maximum absolute atomic E-state index is 12.0. The topological polar surface area (TPSA) is 113 Å². The molecule has 1 fully saturated rings. The van der Waals surface area contributed by atoms with Crippen LogP contribution < -0.4 is 11.5 Å². The lowest BCUT2D eigenvalue weighted by Crippen LogP contribution is -2.51. The minimum absolute atomic E-state index is 0.183. The van der Waals surface area contributed by atoms with E-state index in [0.717, 1.165) is 19.3 Å². The smallest absolute Gasteiger partial charge is 0.426 e. The summed E-state index contributed by atoms with van der Waals surface area (Å²) >= 11 is 0. The van der Waals surface area contributed by atoms with Crippen LogP contribution in [0, 0.1) is 0 Å². The van der Waals surface area contributed by atoms with Crippen molar-refractivity contribution < 1.29 is 14.8 Å². The predicted octanol–water partition coefficient (Wildman–Crippen LogP) is -1.55. The predicted molar refractivity (Wildman–Crippen MR) is 65.8 cm³/mol. The second-order valence-corrected chi connectivity index (χ2v) is 4.55. The van der Waals surface area contributed by atoms with Gasteiger partial charge >= 0.3 is 7.12 Å². The average molecular weight is 243 g/mol. The number of carbonyl (C=O) groups is 1. The number of likely N-dealkylation sites (tertiary alicyclic amines) is 1. The molecular weight excluding hydrogens is 221 g/mol. The first-order valence-corrected chi connectivity index (χ1v) is 6.20. The molecule has 0 bridgehead atoms. The molecule has 0 saturated carbocycles. The van der Waals surface area contributed by atoms with Crippen molar-refractivity contribution in [2.45, 2.75) is 44.1 Å². The van der Waals surface area contributed by atoms with Gasteiger partial charge in [0.2, 0.25) is 5.91 Å². The fraction of sp³-hybridized carbons (Fsp3) is 0.900. The molecule has 2 atom stereocenters. The summed E-state index contributed by atoms with van der Waals surface area (Å²) in [5.74, 6) is -0.680. The van der Waals surface area contributed by atoms with Gasteiger partial charge in [-0.15, -0.1) is 0 Å². The number of amides is 1. The fourth-order valence-electron chi connectivity index (χ4n) is 2.22. The summed E-state index contributed by atoms with van der Waals surface area (Å²) in [5.41, 5.74) is 11.2. The molecule has 0 aliphatic carbocycles. The van der Waals surface area contributed by atoms with Gasteiger partial charge in [-0.3, -0.25) is 4.79 Å². The molecule has 0 aromatic carbocycles. The molecule has 6 N–H and O–H groups in total. The molecule has 1 amide bonds. The van der Waals surface area contributed by atoms with Gasteiger partial charge in [-0.05, 0) is 32.2 Å². The van der Waals surface area contributed by atoms with E-state index in [4.69, 9.17) is 11.5 Å². The lowest BCUT2D eigenvalue weighted by molar-refractivity contribution is -0.132. The van der Waals surface area contributed by atoms with Crippen LogP contribution in [0.5, 0.6) is 0 Å². The van der Waals surface area contributed by atoms with Crippen LogP contribution in [0.1, 0.15) is 32.1 Å². The van der Waals surface area contributed by atoms with Crippen LogP contribution in [0.4, 0.5) is 0 Å². The van der Waals surface area contributed by atoms with Gasteiger partial charge in [-0.25, -0.2) is 0 Å². The molecular formula is C10H22BN3O3. The van der Waals surface area contributed by atoms with E-state index in [2.05, 4.69) is 0 Å². The summed E-state index contributed by atoms with van der Waals surface area (Å²) in [6.07, 6.45) is 3.69. The lowest BCUT2D eigenvalue weighted by atomic mass is 9.77. The number of hydrogen-bond donors (Lipinski definition) is 4. The molecule has 1 rings (SSSR count). The van der Waals surface area contributed by atoms with Gasteiger partial charge in [0.15, 0.2) is 0 Å². The van der Waals surface area contributed by atoms with Crippen molar-refractivity contribution in [3.8, 4) is 0 Å². The minimum atomic E-state index is -1.47. The van der Waals surface area contributed by atoms with Gasteiger partial charge in [-0.2, -0.15) is 0 Å². The van der Waals surface area contributed by atoms with Crippen LogP contribution in [-0.4, -0.2) is 53.0 Å². The Labute approximate surface area is 102 Å². The van der Waals surface area contributed by atoms with Crippen LogP contribution in [0.2, 0.25) is 0 Å². The molecule has 0 aromatic rings. The molecule has 1 aliphatic heterocycles. The van der Waals surface area contributed by atoms with Gasteiger partial charge in [0.25, 0.3) is 0 Å². The van der Waals surface area contributed by atoms with Gasteiger partial charge in [-0.1, -0.05) is 6.42 Å². The van der Waals surface area contributed by atoms with E-state index in [1.807, 2.05) is 0 Å². The highest BCUT2D eigenvalue weighted by molar-refractivity contribution is 6.43. The summed E-state index contributed by atoms with van der Waals surface area (Å²) < 4.78 is 0. The largest absolute Gasteiger partial charge is 0.475 e. The summed E-state index contributed by atoms with van der Waals surface area (Å²) in [4.78, 5) is 13.5. The Morgan fingerprint density at radius 3 is 2.76 bits per heavy atom. The summed E-state index contributed by atoms with van der Waals surface area (Å²) in [5, 5.41) is 18.3. The maximum Gasteiger partial charge on any atom is 0.475 e. The Bertz CT molecular complexity index is 253. The molecule has 1 heterocycles. The van der Waals surface area contributed by atoms with Crippen molar-refractivity contribution in [3.05, 3.63) is 0 Å². The van der Waals surface area contributed by atoms with Gasteiger partial charge in [0.1, 0.15) is 0 Å². The first kappa shape index (κ1) is 14.4. The van der Waals surface area contributed by atoms with Crippen molar-refractivity contribution >= 4 is 13.0 Å². The van der Waals surface area contributed by atoms with Crippen LogP contribution in [0.25, 0.3) is 0 Å². The standard InChI is InChI=1S/C10H22BN3O3/c12-6-2-1-4-8(13)10(15)14-7-3-5-9(14)11(16)17/h8-9,16-17H,1-7,12-13H2. The fourth-order valence-corrected chi connectivity index (χ4v) is 2.22. The van der Waals surface area contributed by atoms with Crippen molar-refractivity contribution in [1.82, 2.24) is 4.90 Å². The quantitative estimate of drug-likeness (QED) is 0.333. The second-order valence-electron chi connectivity index (χ2n) is 4.55. The van der Waals surface area contributed by atoms with E-state index in [1.165, 1.54) is 4.90 Å². The van der Waals surface area contributed by atoms with Crippen LogP contribution in [0.3, 0.4) is 0 Å². The van der Waals surface area contributed by atoms with E-state index < -0.39 is 19.1 Å². The van der Waals surface area contributed by atoms with E-state index in [-0.39, 0.29) is 5.91 Å². The van der Waals surface area contributed by atoms with Crippen molar-refractivity contribution in [1.29, 1.82) is 0 Å². The molecule has 0 radical (unpaired) electrons. The van der Waals surface area contributed by atoms with Crippen molar-refractivity contribution in [2.75, 3.05) is 13.1 Å².